The second-order valence-electron chi connectivity index (χ2n) is 3.63. The normalized spacial score (nSPS) is 11.7. The molecule has 0 atom stereocenters. The molecule has 6 nitrogen and oxygen atoms in total. The average Bonchev–Trinajstić information content (AvgIpc) is 2.76. The Labute approximate surface area is 119 Å². The molecule has 0 spiro atoms. The van der Waals surface area contributed by atoms with E-state index in [2.05, 4.69) is 14.7 Å². The van der Waals surface area contributed by atoms with Gasteiger partial charge in [-0.15, -0.1) is 0 Å². The Balaban J connectivity index is 2.16. The van der Waals surface area contributed by atoms with Crippen LogP contribution in [0.5, 0.6) is 0 Å². The maximum atomic E-state index is 12.0. The average molecular weight is 322 g/mol. The molecule has 0 unspecified atom stereocenters. The van der Waals surface area contributed by atoms with E-state index in [-0.39, 0.29) is 27.5 Å². The molecule has 0 saturated heterocycles. The molecule has 2 heterocycles. The first kappa shape index (κ1) is 14.3. The van der Waals surface area contributed by atoms with Gasteiger partial charge in [0.05, 0.1) is 17.8 Å². The summed E-state index contributed by atoms with van der Waals surface area (Å²) < 4.78 is 31.4. The van der Waals surface area contributed by atoms with E-state index in [0.29, 0.717) is 5.76 Å². The molecule has 0 aromatic carbocycles. The molecule has 0 aliphatic rings. The van der Waals surface area contributed by atoms with E-state index in [0.717, 1.165) is 6.20 Å². The number of pyridine rings is 1. The molecule has 19 heavy (non-hydrogen) atoms. The predicted molar refractivity (Wildman–Crippen MR) is 69.5 cm³/mol. The molecule has 1 N–H and O–H groups in total. The summed E-state index contributed by atoms with van der Waals surface area (Å²) in [6, 6.07) is 1.22. The molecule has 2 aromatic heterocycles. The lowest BCUT2D eigenvalue weighted by atomic mass is 10.5. The van der Waals surface area contributed by atoms with Crippen LogP contribution in [0, 0.1) is 6.92 Å². The number of aromatic nitrogens is 2. The van der Waals surface area contributed by atoms with Crippen molar-refractivity contribution in [2.75, 3.05) is 0 Å². The molecular formula is C10H9Cl2N3O3S. The molecular weight excluding hydrogens is 313 g/mol. The monoisotopic (exact) mass is 321 g/mol. The maximum absolute atomic E-state index is 12.0. The smallest absolute Gasteiger partial charge is 0.242 e. The Morgan fingerprint density at radius 1 is 1.32 bits per heavy atom. The number of hydrogen-bond donors (Lipinski definition) is 1. The van der Waals surface area contributed by atoms with Gasteiger partial charge in [-0.1, -0.05) is 23.2 Å². The number of sulfonamides is 1. The third-order valence-electron chi connectivity index (χ3n) is 2.16. The van der Waals surface area contributed by atoms with Gasteiger partial charge in [-0.25, -0.2) is 23.1 Å². The lowest BCUT2D eigenvalue weighted by molar-refractivity contribution is 0.463. The summed E-state index contributed by atoms with van der Waals surface area (Å²) in [6.45, 7) is 1.66. The highest BCUT2D eigenvalue weighted by molar-refractivity contribution is 7.89. The van der Waals surface area contributed by atoms with E-state index in [1.54, 1.807) is 6.92 Å². The quantitative estimate of drug-likeness (QED) is 0.872. The first-order valence-electron chi connectivity index (χ1n) is 5.10. The Kier molecular flexibility index (Phi) is 4.10. The van der Waals surface area contributed by atoms with E-state index in [1.165, 1.54) is 12.3 Å². The highest BCUT2D eigenvalue weighted by Crippen LogP contribution is 2.22. The molecule has 0 saturated carbocycles. The van der Waals surface area contributed by atoms with E-state index in [1.807, 2.05) is 0 Å². The number of hydrogen-bond acceptors (Lipinski definition) is 5. The van der Waals surface area contributed by atoms with Gasteiger partial charge < -0.3 is 4.42 Å². The molecule has 102 valence electrons. The first-order chi connectivity index (χ1) is 8.88. The van der Waals surface area contributed by atoms with Crippen molar-refractivity contribution in [1.29, 1.82) is 0 Å². The molecule has 9 heteroatoms. The van der Waals surface area contributed by atoms with E-state index >= 15 is 0 Å². The molecule has 2 rings (SSSR count). The van der Waals surface area contributed by atoms with Crippen LogP contribution in [0.15, 0.2) is 27.8 Å². The van der Waals surface area contributed by atoms with Gasteiger partial charge in [0.25, 0.3) is 0 Å². The summed E-state index contributed by atoms with van der Waals surface area (Å²) in [5.74, 6) is 0.875. The zero-order valence-electron chi connectivity index (χ0n) is 9.72. The van der Waals surface area contributed by atoms with Crippen LogP contribution < -0.4 is 4.72 Å². The Bertz CT molecular complexity index is 700. The third-order valence-corrected chi connectivity index (χ3v) is 4.22. The second kappa shape index (κ2) is 5.46. The van der Waals surface area contributed by atoms with Crippen molar-refractivity contribution >= 4 is 33.2 Å². The number of nitrogens with one attached hydrogen (secondary N) is 1. The summed E-state index contributed by atoms with van der Waals surface area (Å²) in [5.41, 5.74) is 0. The SMILES string of the molecule is Cc1cnc(CNS(=O)(=O)c2cnc(Cl)c(Cl)c2)o1. The van der Waals surface area contributed by atoms with Crippen LogP contribution in [0.1, 0.15) is 11.7 Å². The van der Waals surface area contributed by atoms with E-state index in [4.69, 9.17) is 27.6 Å². The Hall–Kier alpha value is -1.15. The van der Waals surface area contributed by atoms with Crippen molar-refractivity contribution in [1.82, 2.24) is 14.7 Å². The van der Waals surface area contributed by atoms with E-state index in [9.17, 15) is 8.42 Å². The summed E-state index contributed by atoms with van der Waals surface area (Å²) in [7, 11) is -3.74. The van der Waals surface area contributed by atoms with Crippen molar-refractivity contribution < 1.29 is 12.8 Å². The number of rotatable bonds is 4. The van der Waals surface area contributed by atoms with Crippen LogP contribution in [0.4, 0.5) is 0 Å². The Morgan fingerprint density at radius 3 is 2.63 bits per heavy atom. The molecule has 0 radical (unpaired) electrons. The summed E-state index contributed by atoms with van der Waals surface area (Å²) in [4.78, 5) is 7.49. The van der Waals surface area contributed by atoms with Crippen LogP contribution in [0.25, 0.3) is 0 Å². The fourth-order valence-corrected chi connectivity index (χ4v) is 2.55. The topological polar surface area (TPSA) is 85.1 Å². The molecule has 2 aromatic rings. The number of nitrogens with zero attached hydrogens (tertiary/aromatic N) is 2. The summed E-state index contributed by atoms with van der Waals surface area (Å²) in [5, 5.41) is 0.112. The molecule has 0 amide bonds. The van der Waals surface area contributed by atoms with Gasteiger partial charge in [-0.2, -0.15) is 0 Å². The van der Waals surface area contributed by atoms with Gasteiger partial charge in [0, 0.05) is 6.20 Å². The van der Waals surface area contributed by atoms with Gasteiger partial charge in [0.2, 0.25) is 15.9 Å². The minimum Gasteiger partial charge on any atom is -0.445 e. The van der Waals surface area contributed by atoms with Crippen LogP contribution >= 0.6 is 23.2 Å². The highest BCUT2D eigenvalue weighted by Gasteiger charge is 2.17. The lowest BCUT2D eigenvalue weighted by Crippen LogP contribution is -2.23. The van der Waals surface area contributed by atoms with Gasteiger partial charge in [0.1, 0.15) is 15.8 Å². The number of oxazole rings is 1. The van der Waals surface area contributed by atoms with Gasteiger partial charge in [-0.3, -0.25) is 0 Å². The fraction of sp³-hybridized carbons (Fsp3) is 0.200. The van der Waals surface area contributed by atoms with Crippen LogP contribution in [0.3, 0.4) is 0 Å². The first-order valence-corrected chi connectivity index (χ1v) is 7.34. The standard InChI is InChI=1S/C10H9Cl2N3O3S/c1-6-3-13-9(18-6)5-15-19(16,17)7-2-8(11)10(12)14-4-7/h2-4,15H,5H2,1H3. The molecule has 0 aliphatic heterocycles. The van der Waals surface area contributed by atoms with Gasteiger partial charge in [-0.05, 0) is 13.0 Å². The summed E-state index contributed by atoms with van der Waals surface area (Å²) >= 11 is 11.3. The van der Waals surface area contributed by atoms with Crippen LogP contribution in [-0.4, -0.2) is 18.4 Å². The van der Waals surface area contributed by atoms with Crippen molar-refractivity contribution in [2.24, 2.45) is 0 Å². The van der Waals surface area contributed by atoms with Crippen molar-refractivity contribution in [3.8, 4) is 0 Å². The zero-order valence-corrected chi connectivity index (χ0v) is 12.1. The maximum Gasteiger partial charge on any atom is 0.242 e. The molecule has 0 bridgehead atoms. The fourth-order valence-electron chi connectivity index (χ4n) is 1.27. The number of aryl methyl sites for hydroxylation is 1. The third kappa shape index (κ3) is 3.44. The van der Waals surface area contributed by atoms with Gasteiger partial charge in [0.15, 0.2) is 0 Å². The van der Waals surface area contributed by atoms with Crippen LogP contribution in [0.2, 0.25) is 10.2 Å². The predicted octanol–water partition coefficient (Wildman–Crippen LogP) is 2.16. The molecule has 0 fully saturated rings. The minimum atomic E-state index is -3.74. The summed E-state index contributed by atoms with van der Waals surface area (Å²) in [6.07, 6.45) is 2.63. The van der Waals surface area contributed by atoms with Crippen LogP contribution in [-0.2, 0) is 16.6 Å². The largest absolute Gasteiger partial charge is 0.445 e. The number of halogens is 2. The zero-order chi connectivity index (χ0) is 14.0. The highest BCUT2D eigenvalue weighted by atomic mass is 35.5. The Morgan fingerprint density at radius 2 is 2.05 bits per heavy atom. The van der Waals surface area contributed by atoms with Gasteiger partial charge >= 0.3 is 0 Å². The van der Waals surface area contributed by atoms with Crippen molar-refractivity contribution in [3.63, 3.8) is 0 Å². The second-order valence-corrected chi connectivity index (χ2v) is 6.17. The minimum absolute atomic E-state index is 0.0453. The lowest BCUT2D eigenvalue weighted by Gasteiger charge is -2.05. The molecule has 0 aliphatic carbocycles. The van der Waals surface area contributed by atoms with Crippen molar-refractivity contribution in [3.05, 3.63) is 40.3 Å². The van der Waals surface area contributed by atoms with Crippen molar-refractivity contribution in [2.45, 2.75) is 18.4 Å². The van der Waals surface area contributed by atoms with E-state index < -0.39 is 10.0 Å².